The summed E-state index contributed by atoms with van der Waals surface area (Å²) < 4.78 is 11.7. The predicted molar refractivity (Wildman–Crippen MR) is 146 cm³/mol. The van der Waals surface area contributed by atoms with Gasteiger partial charge in [-0.25, -0.2) is 0 Å². The zero-order valence-electron chi connectivity index (χ0n) is 24.6. The molecule has 210 valence electrons. The van der Waals surface area contributed by atoms with Crippen LogP contribution in [0, 0.1) is 46.3 Å². The Morgan fingerprint density at radius 3 is 2.35 bits per heavy atom. The van der Waals surface area contributed by atoms with E-state index in [0.29, 0.717) is 23.7 Å². The third kappa shape index (κ3) is 5.28. The second-order valence-corrected chi connectivity index (χ2v) is 14.2. The molecule has 4 aliphatic carbocycles. The molecule has 10 unspecified atom stereocenters. The molecule has 3 fully saturated rings. The first kappa shape index (κ1) is 28.6. The van der Waals surface area contributed by atoms with Crippen LogP contribution in [0.3, 0.4) is 0 Å². The molecule has 0 aliphatic heterocycles. The molecular formula is C32H52O5. The summed E-state index contributed by atoms with van der Waals surface area (Å²) in [6, 6.07) is 0. The lowest BCUT2D eigenvalue weighted by atomic mass is 9.47. The smallest absolute Gasteiger partial charge is 0.302 e. The first-order chi connectivity index (χ1) is 17.2. The minimum atomic E-state index is -0.670. The monoisotopic (exact) mass is 516 g/mol. The second-order valence-electron chi connectivity index (χ2n) is 14.2. The molecule has 5 nitrogen and oxygen atoms in total. The standard InChI is InChI=1S/C32H52O5/c1-19(2)20(3)11-16-32(8,35)29-10-9-25-24-18-28(37-22(5)34)27-17-23(36-21(4)33)12-14-30(27,6)26(24)13-15-31(25,29)7/h13,19-20,23-25,27-29,35H,9-12,14-18H2,1-8H3. The van der Waals surface area contributed by atoms with E-state index in [4.69, 9.17) is 9.47 Å². The Bertz CT molecular complexity index is 905. The minimum absolute atomic E-state index is 0.0473. The lowest BCUT2D eigenvalue weighted by Gasteiger charge is -2.59. The number of rotatable bonds is 7. The van der Waals surface area contributed by atoms with Crippen LogP contribution in [0.1, 0.15) is 113 Å². The molecule has 0 radical (unpaired) electrons. The van der Waals surface area contributed by atoms with Crippen molar-refractivity contribution in [1.29, 1.82) is 0 Å². The fraction of sp³-hybridized carbons (Fsp3) is 0.875. The van der Waals surface area contributed by atoms with E-state index in [1.54, 1.807) is 5.57 Å². The van der Waals surface area contributed by atoms with E-state index in [1.807, 2.05) is 0 Å². The van der Waals surface area contributed by atoms with Crippen LogP contribution in [0.15, 0.2) is 11.6 Å². The number of carbonyl (C=O) groups excluding carboxylic acids is 2. The van der Waals surface area contributed by atoms with Gasteiger partial charge in [-0.05, 0) is 105 Å². The Labute approximate surface area is 225 Å². The van der Waals surface area contributed by atoms with Crippen molar-refractivity contribution in [3.05, 3.63) is 11.6 Å². The summed E-state index contributed by atoms with van der Waals surface area (Å²) in [4.78, 5) is 23.9. The number of carbonyl (C=O) groups is 2. The molecule has 0 heterocycles. The summed E-state index contributed by atoms with van der Waals surface area (Å²) in [5, 5.41) is 11.8. The van der Waals surface area contributed by atoms with Gasteiger partial charge < -0.3 is 14.6 Å². The van der Waals surface area contributed by atoms with Gasteiger partial charge in [-0.2, -0.15) is 0 Å². The van der Waals surface area contributed by atoms with Gasteiger partial charge in [-0.15, -0.1) is 0 Å². The van der Waals surface area contributed by atoms with Gasteiger partial charge in [0.05, 0.1) is 5.60 Å². The number of allylic oxidation sites excluding steroid dienone is 2. The summed E-state index contributed by atoms with van der Waals surface area (Å²) in [6.45, 7) is 16.7. The van der Waals surface area contributed by atoms with E-state index < -0.39 is 5.60 Å². The molecule has 0 spiro atoms. The summed E-state index contributed by atoms with van der Waals surface area (Å²) >= 11 is 0. The first-order valence-electron chi connectivity index (χ1n) is 15.0. The van der Waals surface area contributed by atoms with Gasteiger partial charge in [0.25, 0.3) is 0 Å². The van der Waals surface area contributed by atoms with E-state index in [1.165, 1.54) is 13.8 Å². The van der Waals surface area contributed by atoms with Crippen molar-refractivity contribution in [2.75, 3.05) is 0 Å². The van der Waals surface area contributed by atoms with E-state index in [2.05, 4.69) is 47.6 Å². The fourth-order valence-electron chi connectivity index (χ4n) is 9.24. The maximum absolute atomic E-state index is 12.2. The van der Waals surface area contributed by atoms with Crippen molar-refractivity contribution in [1.82, 2.24) is 0 Å². The Morgan fingerprint density at radius 1 is 1.05 bits per heavy atom. The molecule has 0 bridgehead atoms. The average Bonchev–Trinajstić information content (AvgIpc) is 3.16. The molecule has 0 saturated heterocycles. The number of aliphatic hydroxyl groups is 1. The third-order valence-corrected chi connectivity index (χ3v) is 11.6. The predicted octanol–water partition coefficient (Wildman–Crippen LogP) is 6.86. The summed E-state index contributed by atoms with van der Waals surface area (Å²) in [5.74, 6) is 2.10. The van der Waals surface area contributed by atoms with Gasteiger partial charge in [0, 0.05) is 19.8 Å². The molecule has 0 amide bonds. The minimum Gasteiger partial charge on any atom is -0.463 e. The van der Waals surface area contributed by atoms with Crippen LogP contribution in [0.5, 0.6) is 0 Å². The van der Waals surface area contributed by atoms with Gasteiger partial charge in [-0.3, -0.25) is 9.59 Å². The van der Waals surface area contributed by atoms with Gasteiger partial charge in [0.1, 0.15) is 12.2 Å². The largest absolute Gasteiger partial charge is 0.463 e. The summed E-state index contributed by atoms with van der Waals surface area (Å²) in [7, 11) is 0. The highest BCUT2D eigenvalue weighted by Crippen LogP contribution is 2.67. The van der Waals surface area contributed by atoms with Gasteiger partial charge in [-0.1, -0.05) is 46.3 Å². The normalized spacial score (nSPS) is 41.5. The third-order valence-electron chi connectivity index (χ3n) is 11.6. The first-order valence-corrected chi connectivity index (χ1v) is 15.0. The Morgan fingerprint density at radius 2 is 1.73 bits per heavy atom. The number of fused-ring (bicyclic) bond motifs is 5. The van der Waals surface area contributed by atoms with Crippen molar-refractivity contribution in [2.45, 2.75) is 131 Å². The van der Waals surface area contributed by atoms with E-state index in [-0.39, 0.29) is 46.8 Å². The van der Waals surface area contributed by atoms with Gasteiger partial charge in [0.15, 0.2) is 0 Å². The molecule has 10 atom stereocenters. The molecule has 3 saturated carbocycles. The fourth-order valence-corrected chi connectivity index (χ4v) is 9.24. The van der Waals surface area contributed by atoms with Crippen LogP contribution in [0.2, 0.25) is 0 Å². The number of esters is 2. The highest BCUT2D eigenvalue weighted by atomic mass is 16.5. The molecule has 4 rings (SSSR count). The van der Waals surface area contributed by atoms with E-state index in [0.717, 1.165) is 57.8 Å². The lowest BCUT2D eigenvalue weighted by Crippen LogP contribution is -2.55. The maximum atomic E-state index is 12.2. The van der Waals surface area contributed by atoms with E-state index >= 15 is 0 Å². The van der Waals surface area contributed by atoms with E-state index in [9.17, 15) is 14.7 Å². The zero-order valence-corrected chi connectivity index (χ0v) is 24.6. The lowest BCUT2D eigenvalue weighted by molar-refractivity contribution is -0.168. The quantitative estimate of drug-likeness (QED) is 0.295. The number of hydrogen-bond donors (Lipinski definition) is 1. The van der Waals surface area contributed by atoms with Crippen molar-refractivity contribution in [3.63, 3.8) is 0 Å². The van der Waals surface area contributed by atoms with Gasteiger partial charge in [0.2, 0.25) is 0 Å². The number of hydrogen-bond acceptors (Lipinski definition) is 5. The van der Waals surface area contributed by atoms with Gasteiger partial charge >= 0.3 is 11.9 Å². The average molecular weight is 517 g/mol. The van der Waals surface area contributed by atoms with Crippen molar-refractivity contribution in [3.8, 4) is 0 Å². The van der Waals surface area contributed by atoms with Crippen molar-refractivity contribution < 1.29 is 24.2 Å². The molecular weight excluding hydrogens is 464 g/mol. The van der Waals surface area contributed by atoms with Crippen LogP contribution in [0.25, 0.3) is 0 Å². The zero-order chi connectivity index (χ0) is 27.3. The summed E-state index contributed by atoms with van der Waals surface area (Å²) in [5.41, 5.74) is 0.890. The van der Waals surface area contributed by atoms with Crippen LogP contribution in [-0.4, -0.2) is 34.9 Å². The second kappa shape index (κ2) is 10.3. The Hall–Kier alpha value is -1.36. The Kier molecular flexibility index (Phi) is 7.99. The highest BCUT2D eigenvalue weighted by molar-refractivity contribution is 5.66. The number of ether oxygens (including phenoxy) is 2. The van der Waals surface area contributed by atoms with Crippen molar-refractivity contribution >= 4 is 11.9 Å². The Balaban J connectivity index is 1.61. The van der Waals surface area contributed by atoms with Crippen LogP contribution < -0.4 is 0 Å². The highest BCUT2D eigenvalue weighted by Gasteiger charge is 2.62. The molecule has 0 aromatic heterocycles. The van der Waals surface area contributed by atoms with Crippen molar-refractivity contribution in [2.24, 2.45) is 46.3 Å². The molecule has 5 heteroatoms. The topological polar surface area (TPSA) is 72.8 Å². The molecule has 0 aromatic rings. The molecule has 4 aliphatic rings. The van der Waals surface area contributed by atoms with Crippen LogP contribution in [0.4, 0.5) is 0 Å². The molecule has 1 N–H and O–H groups in total. The van der Waals surface area contributed by atoms with Crippen LogP contribution in [-0.2, 0) is 19.1 Å². The maximum Gasteiger partial charge on any atom is 0.302 e. The molecule has 37 heavy (non-hydrogen) atoms. The molecule has 0 aromatic carbocycles. The SMILES string of the molecule is CC(=O)OC1CCC2(C)C3=CCC4(C)C(CCC4C(C)(O)CCC(C)C(C)C)C3CC(OC(C)=O)C2C1. The summed E-state index contributed by atoms with van der Waals surface area (Å²) in [6.07, 6.45) is 10.8. The van der Waals surface area contributed by atoms with Crippen LogP contribution >= 0.6 is 0 Å².